The van der Waals surface area contributed by atoms with Gasteiger partial charge in [0.25, 0.3) is 0 Å². The summed E-state index contributed by atoms with van der Waals surface area (Å²) < 4.78 is 18.8. The van der Waals surface area contributed by atoms with E-state index >= 15 is 0 Å². The van der Waals surface area contributed by atoms with Gasteiger partial charge in [-0.25, -0.2) is 0 Å². The molecule has 0 amide bonds. The Bertz CT molecular complexity index is 686. The Morgan fingerprint density at radius 3 is 2.48 bits per heavy atom. The van der Waals surface area contributed by atoms with Crippen LogP contribution in [0.2, 0.25) is 0 Å². The van der Waals surface area contributed by atoms with Crippen molar-refractivity contribution in [1.29, 1.82) is 0 Å². The molecule has 0 radical (unpaired) electrons. The highest BCUT2D eigenvalue weighted by Gasteiger charge is 2.23. The summed E-state index contributed by atoms with van der Waals surface area (Å²) in [6, 6.07) is 11.3. The summed E-state index contributed by atoms with van der Waals surface area (Å²) in [5, 5.41) is 10.8. The van der Waals surface area contributed by atoms with Gasteiger partial charge in [-0.15, -0.1) is 0 Å². The number of esters is 1. The molecule has 0 aliphatic rings. The molecule has 0 saturated carbocycles. The van der Waals surface area contributed by atoms with Crippen LogP contribution in [0.3, 0.4) is 0 Å². The van der Waals surface area contributed by atoms with Crippen molar-refractivity contribution in [2.45, 2.75) is 6.42 Å². The Labute approximate surface area is 120 Å². The van der Waals surface area contributed by atoms with Gasteiger partial charge in [0.05, 0.1) is 18.5 Å². The minimum atomic E-state index is -1.01. The molecule has 2 rings (SSSR count). The Balaban J connectivity index is 2.62. The Morgan fingerprint density at radius 1 is 1.24 bits per heavy atom. The van der Waals surface area contributed by atoms with Crippen molar-refractivity contribution in [3.8, 4) is 11.1 Å². The summed E-state index contributed by atoms with van der Waals surface area (Å²) >= 11 is 0. The molecule has 0 heterocycles. The number of methoxy groups -OCH3 is 1. The molecule has 0 unspecified atom stereocenters. The number of carbonyl (C=O) groups is 1. The van der Waals surface area contributed by atoms with Crippen LogP contribution in [0.25, 0.3) is 11.1 Å². The summed E-state index contributed by atoms with van der Waals surface area (Å²) in [6.07, 6.45) is -0.367. The van der Waals surface area contributed by atoms with E-state index in [4.69, 9.17) is 0 Å². The van der Waals surface area contributed by atoms with Gasteiger partial charge in [-0.2, -0.15) is 4.39 Å². The molecule has 0 atom stereocenters. The number of rotatable bonds is 4. The van der Waals surface area contributed by atoms with Crippen molar-refractivity contribution in [3.63, 3.8) is 0 Å². The third kappa shape index (κ3) is 3.05. The fourth-order valence-corrected chi connectivity index (χ4v) is 2.03. The molecule has 21 heavy (non-hydrogen) atoms. The molecule has 2 aromatic carbocycles. The molecule has 0 spiro atoms. The van der Waals surface area contributed by atoms with E-state index in [1.807, 2.05) is 0 Å². The van der Waals surface area contributed by atoms with Crippen molar-refractivity contribution in [3.05, 3.63) is 64.0 Å². The average molecular weight is 289 g/mol. The van der Waals surface area contributed by atoms with Crippen molar-refractivity contribution < 1.29 is 18.8 Å². The van der Waals surface area contributed by atoms with Crippen LogP contribution in [-0.2, 0) is 16.0 Å². The highest BCUT2D eigenvalue weighted by atomic mass is 19.1. The van der Waals surface area contributed by atoms with Gasteiger partial charge in [0, 0.05) is 11.6 Å². The van der Waals surface area contributed by atoms with Gasteiger partial charge in [0.15, 0.2) is 0 Å². The highest BCUT2D eigenvalue weighted by Crippen LogP contribution is 2.31. The van der Waals surface area contributed by atoms with Crippen LogP contribution < -0.4 is 0 Å². The Kier molecular flexibility index (Phi) is 4.27. The van der Waals surface area contributed by atoms with Gasteiger partial charge in [0.2, 0.25) is 5.82 Å². The van der Waals surface area contributed by atoms with E-state index < -0.39 is 22.4 Å². The van der Waals surface area contributed by atoms with Crippen LogP contribution in [0.5, 0.6) is 0 Å². The van der Waals surface area contributed by atoms with Crippen LogP contribution in [0, 0.1) is 15.9 Å². The molecule has 0 N–H and O–H groups in total. The molecule has 6 heteroatoms. The van der Waals surface area contributed by atoms with Crippen LogP contribution in [0.4, 0.5) is 10.1 Å². The van der Waals surface area contributed by atoms with Crippen molar-refractivity contribution in [1.82, 2.24) is 0 Å². The van der Waals surface area contributed by atoms with E-state index in [1.54, 1.807) is 30.3 Å². The van der Waals surface area contributed by atoms with Gasteiger partial charge < -0.3 is 4.74 Å². The molecule has 0 fully saturated rings. The zero-order chi connectivity index (χ0) is 15.4. The number of halogens is 1. The summed E-state index contributed by atoms with van der Waals surface area (Å²) in [5.41, 5.74) is 0.408. The third-order valence-corrected chi connectivity index (χ3v) is 3.05. The number of ether oxygens (including phenoxy) is 1. The smallest absolute Gasteiger partial charge is 0.310 e. The molecule has 0 bridgehead atoms. The molecule has 2 aromatic rings. The van der Waals surface area contributed by atoms with Gasteiger partial charge in [0.1, 0.15) is 0 Å². The predicted octanol–water partition coefficient (Wildman–Crippen LogP) is 3.12. The molecule has 0 aromatic heterocycles. The van der Waals surface area contributed by atoms with Crippen molar-refractivity contribution in [2.75, 3.05) is 7.11 Å². The predicted molar refractivity (Wildman–Crippen MR) is 74.2 cm³/mol. The van der Waals surface area contributed by atoms with Crippen molar-refractivity contribution >= 4 is 11.7 Å². The number of nitrogens with zero attached hydrogens (tertiary/aromatic N) is 1. The summed E-state index contributed by atoms with van der Waals surface area (Å²) in [6.45, 7) is 0. The number of carbonyl (C=O) groups excluding carboxylic acids is 1. The second kappa shape index (κ2) is 6.13. The molecule has 0 aliphatic heterocycles. The van der Waals surface area contributed by atoms with E-state index in [1.165, 1.54) is 13.2 Å². The maximum Gasteiger partial charge on any atom is 0.310 e. The number of benzene rings is 2. The third-order valence-electron chi connectivity index (χ3n) is 3.05. The lowest BCUT2D eigenvalue weighted by molar-refractivity contribution is -0.387. The number of hydrogen-bond acceptors (Lipinski definition) is 4. The van der Waals surface area contributed by atoms with Crippen LogP contribution in [-0.4, -0.2) is 18.0 Å². The lowest BCUT2D eigenvalue weighted by Gasteiger charge is -2.10. The SMILES string of the molecule is COC(=O)Cc1c(-c2ccccc2)ccc([N+](=O)[O-])c1F. The maximum absolute atomic E-state index is 14.3. The fourth-order valence-electron chi connectivity index (χ4n) is 2.03. The minimum Gasteiger partial charge on any atom is -0.469 e. The van der Waals surface area contributed by atoms with Gasteiger partial charge in [-0.05, 0) is 17.2 Å². The van der Waals surface area contributed by atoms with Crippen LogP contribution >= 0.6 is 0 Å². The molecular formula is C15H12FNO4. The average Bonchev–Trinajstić information content (AvgIpc) is 2.49. The highest BCUT2D eigenvalue weighted by molar-refractivity contribution is 5.79. The minimum absolute atomic E-state index is 0.0396. The largest absolute Gasteiger partial charge is 0.469 e. The number of hydrogen-bond donors (Lipinski definition) is 0. The first-order chi connectivity index (χ1) is 10.0. The van der Waals surface area contributed by atoms with E-state index in [0.29, 0.717) is 11.1 Å². The number of nitro groups is 1. The van der Waals surface area contributed by atoms with Crippen LogP contribution in [0.15, 0.2) is 42.5 Å². The molecule has 108 valence electrons. The molecule has 0 saturated heterocycles. The zero-order valence-corrected chi connectivity index (χ0v) is 11.2. The first-order valence-electron chi connectivity index (χ1n) is 6.12. The fraction of sp³-hybridized carbons (Fsp3) is 0.133. The topological polar surface area (TPSA) is 69.4 Å². The second-order valence-electron chi connectivity index (χ2n) is 4.30. The van der Waals surface area contributed by atoms with Crippen LogP contribution in [0.1, 0.15) is 5.56 Å². The standard InChI is InChI=1S/C15H12FNO4/c1-21-14(18)9-12-11(10-5-3-2-4-6-10)7-8-13(15(12)16)17(19)20/h2-8H,9H2,1H3. The molecular weight excluding hydrogens is 277 g/mol. The quantitative estimate of drug-likeness (QED) is 0.492. The molecule has 5 nitrogen and oxygen atoms in total. The maximum atomic E-state index is 14.3. The molecule has 0 aliphatic carbocycles. The Hall–Kier alpha value is -2.76. The van der Waals surface area contributed by atoms with Gasteiger partial charge >= 0.3 is 11.7 Å². The summed E-state index contributed by atoms with van der Waals surface area (Å²) in [5.74, 6) is -1.67. The normalized spacial score (nSPS) is 10.2. The van der Waals surface area contributed by atoms with E-state index in [0.717, 1.165) is 6.07 Å². The second-order valence-corrected chi connectivity index (χ2v) is 4.30. The van der Waals surface area contributed by atoms with E-state index in [2.05, 4.69) is 4.74 Å². The van der Waals surface area contributed by atoms with Crippen molar-refractivity contribution in [2.24, 2.45) is 0 Å². The van der Waals surface area contributed by atoms with Gasteiger partial charge in [-0.3, -0.25) is 14.9 Å². The van der Waals surface area contributed by atoms with E-state index in [9.17, 15) is 19.3 Å². The lowest BCUT2D eigenvalue weighted by Crippen LogP contribution is -2.09. The monoisotopic (exact) mass is 289 g/mol. The Morgan fingerprint density at radius 2 is 1.90 bits per heavy atom. The number of nitro benzene ring substituents is 1. The zero-order valence-electron chi connectivity index (χ0n) is 11.2. The van der Waals surface area contributed by atoms with Gasteiger partial charge in [-0.1, -0.05) is 30.3 Å². The lowest BCUT2D eigenvalue weighted by atomic mass is 9.96. The first kappa shape index (κ1) is 14.6. The summed E-state index contributed by atoms with van der Waals surface area (Å²) in [4.78, 5) is 21.5. The summed E-state index contributed by atoms with van der Waals surface area (Å²) in [7, 11) is 1.18. The van der Waals surface area contributed by atoms with E-state index in [-0.39, 0.29) is 12.0 Å². The first-order valence-corrected chi connectivity index (χ1v) is 6.12.